The van der Waals surface area contributed by atoms with Gasteiger partial charge < -0.3 is 10.6 Å². The molecule has 144 valence electrons. The van der Waals surface area contributed by atoms with Crippen molar-refractivity contribution in [1.29, 1.82) is 0 Å². The number of carbonyl (C=O) groups is 2. The van der Waals surface area contributed by atoms with Gasteiger partial charge in [0.25, 0.3) is 0 Å². The summed E-state index contributed by atoms with van der Waals surface area (Å²) >= 11 is 10.4. The fraction of sp³-hybridized carbons (Fsp3) is 0.158. The third-order valence-electron chi connectivity index (χ3n) is 3.83. The normalized spacial score (nSPS) is 18.7. The number of halogens is 2. The molecule has 1 heterocycles. The van der Waals surface area contributed by atoms with Gasteiger partial charge in [-0.3, -0.25) is 9.59 Å². The van der Waals surface area contributed by atoms with E-state index in [-0.39, 0.29) is 18.2 Å². The van der Waals surface area contributed by atoms with E-state index in [1.807, 2.05) is 24.3 Å². The maximum Gasteiger partial charge on any atom is 0.238 e. The summed E-state index contributed by atoms with van der Waals surface area (Å²) in [5.41, 5.74) is 2.20. The number of nitrogens with one attached hydrogen (secondary N) is 2. The number of rotatable bonds is 4. The maximum atomic E-state index is 12.5. The smallest absolute Gasteiger partial charge is 0.238 e. The Morgan fingerprint density at radius 3 is 2.57 bits per heavy atom. The first-order valence-corrected chi connectivity index (χ1v) is 10.4. The van der Waals surface area contributed by atoms with E-state index >= 15 is 0 Å². The van der Waals surface area contributed by atoms with E-state index < -0.39 is 5.25 Å². The SMILES string of the molecule is CC(=N/N=C1\NC(=O)CC(C(=O)Nc2ccc(Br)cc2)S1)c1ccc(Cl)cc1. The molecule has 0 spiro atoms. The van der Waals surface area contributed by atoms with E-state index in [1.165, 1.54) is 11.8 Å². The Morgan fingerprint density at radius 2 is 1.89 bits per heavy atom. The number of hydrogen-bond donors (Lipinski definition) is 2. The topological polar surface area (TPSA) is 82.9 Å². The highest BCUT2D eigenvalue weighted by atomic mass is 79.9. The molecule has 2 aromatic carbocycles. The summed E-state index contributed by atoms with van der Waals surface area (Å²) in [6.45, 7) is 1.81. The summed E-state index contributed by atoms with van der Waals surface area (Å²) in [5, 5.41) is 14.1. The Kier molecular flexibility index (Phi) is 6.88. The van der Waals surface area contributed by atoms with Gasteiger partial charge in [-0.05, 0) is 48.9 Å². The molecule has 1 aliphatic rings. The molecule has 6 nitrogen and oxygen atoms in total. The summed E-state index contributed by atoms with van der Waals surface area (Å²) in [6, 6.07) is 14.4. The van der Waals surface area contributed by atoms with Gasteiger partial charge in [-0.15, -0.1) is 5.10 Å². The average Bonchev–Trinajstić information content (AvgIpc) is 2.68. The molecule has 1 saturated heterocycles. The Balaban J connectivity index is 1.69. The van der Waals surface area contributed by atoms with Crippen LogP contribution in [0.1, 0.15) is 18.9 Å². The molecule has 0 aromatic heterocycles. The zero-order valence-electron chi connectivity index (χ0n) is 14.8. The molecule has 0 aliphatic carbocycles. The van der Waals surface area contributed by atoms with Crippen LogP contribution in [0.15, 0.2) is 63.2 Å². The zero-order chi connectivity index (χ0) is 20.1. The summed E-state index contributed by atoms with van der Waals surface area (Å²) in [5.74, 6) is -0.527. The maximum absolute atomic E-state index is 12.5. The van der Waals surface area contributed by atoms with Crippen LogP contribution in [0.4, 0.5) is 5.69 Å². The number of carbonyl (C=O) groups excluding carboxylic acids is 2. The molecule has 1 aliphatic heterocycles. The molecular formula is C19H16BrClN4O2S. The fourth-order valence-corrected chi connectivity index (χ4v) is 3.69. The molecule has 1 fully saturated rings. The standard InChI is InChI=1S/C19H16BrClN4O2S/c1-11(12-2-6-14(21)7-3-12)24-25-19-23-17(26)10-16(28-19)18(27)22-15-8-4-13(20)5-9-15/h2-9,16H,10H2,1H3,(H,22,27)(H,23,25,26). The molecule has 2 aromatic rings. The molecular weight excluding hydrogens is 464 g/mol. The van der Waals surface area contributed by atoms with Gasteiger partial charge in [0.1, 0.15) is 5.25 Å². The lowest BCUT2D eigenvalue weighted by molar-refractivity contribution is -0.123. The molecule has 28 heavy (non-hydrogen) atoms. The van der Waals surface area contributed by atoms with Crippen molar-refractivity contribution in [3.63, 3.8) is 0 Å². The van der Waals surface area contributed by atoms with Crippen molar-refractivity contribution in [2.75, 3.05) is 5.32 Å². The number of anilines is 1. The second kappa shape index (κ2) is 9.36. The van der Waals surface area contributed by atoms with Gasteiger partial charge in [-0.1, -0.05) is 51.4 Å². The molecule has 9 heteroatoms. The number of hydrogen-bond acceptors (Lipinski definition) is 5. The van der Waals surface area contributed by atoms with E-state index in [2.05, 4.69) is 36.8 Å². The Morgan fingerprint density at radius 1 is 1.21 bits per heavy atom. The van der Waals surface area contributed by atoms with Crippen LogP contribution in [0.2, 0.25) is 5.02 Å². The summed E-state index contributed by atoms with van der Waals surface area (Å²) in [6.07, 6.45) is 0.0753. The van der Waals surface area contributed by atoms with Crippen LogP contribution in [0, 0.1) is 0 Å². The average molecular weight is 480 g/mol. The summed E-state index contributed by atoms with van der Waals surface area (Å²) in [7, 11) is 0. The van der Waals surface area contributed by atoms with Crippen molar-refractivity contribution in [3.8, 4) is 0 Å². The fourth-order valence-electron chi connectivity index (χ4n) is 2.36. The van der Waals surface area contributed by atoms with Crippen molar-refractivity contribution in [1.82, 2.24) is 5.32 Å². The van der Waals surface area contributed by atoms with Crippen LogP contribution in [0.5, 0.6) is 0 Å². The molecule has 0 saturated carbocycles. The van der Waals surface area contributed by atoms with E-state index in [1.54, 1.807) is 31.2 Å². The van der Waals surface area contributed by atoms with Gasteiger partial charge in [-0.2, -0.15) is 5.10 Å². The second-order valence-electron chi connectivity index (χ2n) is 5.95. The van der Waals surface area contributed by atoms with Crippen molar-refractivity contribution < 1.29 is 9.59 Å². The lowest BCUT2D eigenvalue weighted by Gasteiger charge is -2.21. The van der Waals surface area contributed by atoms with Crippen LogP contribution in [-0.4, -0.2) is 27.9 Å². The van der Waals surface area contributed by atoms with Crippen molar-refractivity contribution in [3.05, 3.63) is 63.6 Å². The predicted octanol–water partition coefficient (Wildman–Crippen LogP) is 4.44. The van der Waals surface area contributed by atoms with Crippen molar-refractivity contribution in [2.24, 2.45) is 10.2 Å². The summed E-state index contributed by atoms with van der Waals surface area (Å²) in [4.78, 5) is 24.5. The molecule has 2 amide bonds. The highest BCUT2D eigenvalue weighted by Crippen LogP contribution is 2.23. The second-order valence-corrected chi connectivity index (χ2v) is 8.50. The van der Waals surface area contributed by atoms with Gasteiger partial charge in [0, 0.05) is 21.6 Å². The highest BCUT2D eigenvalue weighted by molar-refractivity contribution is 9.10. The molecule has 0 radical (unpaired) electrons. The van der Waals surface area contributed by atoms with Gasteiger partial charge in [0.05, 0.1) is 5.71 Å². The van der Waals surface area contributed by atoms with E-state index in [9.17, 15) is 9.59 Å². The summed E-state index contributed by atoms with van der Waals surface area (Å²) < 4.78 is 0.917. The first-order valence-electron chi connectivity index (χ1n) is 8.32. The molecule has 0 bridgehead atoms. The minimum atomic E-state index is -0.581. The Bertz CT molecular complexity index is 945. The number of thioether (sulfide) groups is 1. The number of amidine groups is 1. The minimum absolute atomic E-state index is 0.0753. The zero-order valence-corrected chi connectivity index (χ0v) is 17.9. The third-order valence-corrected chi connectivity index (χ3v) is 5.68. The Hall–Kier alpha value is -2.16. The van der Waals surface area contributed by atoms with Crippen molar-refractivity contribution in [2.45, 2.75) is 18.6 Å². The minimum Gasteiger partial charge on any atom is -0.325 e. The molecule has 1 unspecified atom stereocenters. The van der Waals surface area contributed by atoms with E-state index in [4.69, 9.17) is 11.6 Å². The number of nitrogens with zero attached hydrogens (tertiary/aromatic N) is 2. The highest BCUT2D eigenvalue weighted by Gasteiger charge is 2.30. The predicted molar refractivity (Wildman–Crippen MR) is 118 cm³/mol. The van der Waals surface area contributed by atoms with Gasteiger partial charge in [0.2, 0.25) is 11.8 Å². The first kappa shape index (κ1) is 20.6. The monoisotopic (exact) mass is 478 g/mol. The van der Waals surface area contributed by atoms with Crippen LogP contribution in [0.3, 0.4) is 0 Å². The van der Waals surface area contributed by atoms with Crippen LogP contribution in [-0.2, 0) is 9.59 Å². The largest absolute Gasteiger partial charge is 0.325 e. The van der Waals surface area contributed by atoms with E-state index in [0.29, 0.717) is 21.6 Å². The Labute approximate surface area is 180 Å². The van der Waals surface area contributed by atoms with Crippen LogP contribution < -0.4 is 10.6 Å². The lowest BCUT2D eigenvalue weighted by atomic mass is 10.1. The van der Waals surface area contributed by atoms with Crippen LogP contribution in [0.25, 0.3) is 0 Å². The van der Waals surface area contributed by atoms with Crippen molar-refractivity contribution >= 4 is 67.7 Å². The third kappa shape index (κ3) is 5.67. The molecule has 2 N–H and O–H groups in total. The first-order chi connectivity index (χ1) is 13.4. The van der Waals surface area contributed by atoms with Gasteiger partial charge >= 0.3 is 0 Å². The number of amides is 2. The molecule has 1 atom stereocenters. The quantitative estimate of drug-likeness (QED) is 0.502. The van der Waals surface area contributed by atoms with Gasteiger partial charge in [0.15, 0.2) is 5.17 Å². The van der Waals surface area contributed by atoms with Gasteiger partial charge in [-0.25, -0.2) is 0 Å². The molecule has 3 rings (SSSR count). The van der Waals surface area contributed by atoms with E-state index in [0.717, 1.165) is 10.0 Å². The lowest BCUT2D eigenvalue weighted by Crippen LogP contribution is -2.41. The van der Waals surface area contributed by atoms with Crippen LogP contribution >= 0.6 is 39.3 Å². The number of benzene rings is 2.